The van der Waals surface area contributed by atoms with Crippen molar-refractivity contribution in [2.75, 3.05) is 5.01 Å². The highest BCUT2D eigenvalue weighted by molar-refractivity contribution is 8.15. The summed E-state index contributed by atoms with van der Waals surface area (Å²) in [5, 5.41) is 16.4. The van der Waals surface area contributed by atoms with Gasteiger partial charge in [-0.2, -0.15) is 5.10 Å². The second kappa shape index (κ2) is 6.25. The monoisotopic (exact) mass is 318 g/mol. The number of hydrogen-bond acceptors (Lipinski definition) is 5. The van der Waals surface area contributed by atoms with Gasteiger partial charge in [0.2, 0.25) is 5.17 Å². The largest absolute Gasteiger partial charge is 0.480 e. The minimum Gasteiger partial charge on any atom is -0.480 e. The molecule has 0 amide bonds. The Labute approximate surface area is 132 Å². The molecule has 0 unspecified atom stereocenters. The van der Waals surface area contributed by atoms with Crippen molar-refractivity contribution >= 4 is 39.4 Å². The fourth-order valence-corrected chi connectivity index (χ4v) is 2.72. The predicted molar refractivity (Wildman–Crippen MR) is 91.5 cm³/mol. The lowest BCUT2D eigenvalue weighted by Gasteiger charge is -2.25. The number of hydrogen-bond donors (Lipinski definition) is 3. The third-order valence-electron chi connectivity index (χ3n) is 3.20. The molecule has 0 radical (unpaired) electrons. The molecule has 0 aromatic heterocycles. The lowest BCUT2D eigenvalue weighted by molar-refractivity contribution is -0.138. The van der Waals surface area contributed by atoms with E-state index in [1.807, 2.05) is 42.5 Å². The molecule has 0 aliphatic heterocycles. The molecule has 2 rings (SSSR count). The molecule has 0 saturated heterocycles. The number of hydrazine groups is 1. The summed E-state index contributed by atoms with van der Waals surface area (Å²) in [4.78, 5) is 11.3. The second-order valence-electron chi connectivity index (χ2n) is 5.20. The van der Waals surface area contributed by atoms with E-state index in [4.69, 9.17) is 11.7 Å². The van der Waals surface area contributed by atoms with Gasteiger partial charge in [-0.15, -0.1) is 0 Å². The van der Waals surface area contributed by atoms with Crippen molar-refractivity contribution in [2.45, 2.75) is 18.6 Å². The molecule has 0 bridgehead atoms. The van der Waals surface area contributed by atoms with Crippen LogP contribution in [0.15, 0.2) is 47.6 Å². The van der Waals surface area contributed by atoms with E-state index in [1.54, 1.807) is 13.8 Å². The number of rotatable bonds is 3. The third kappa shape index (κ3) is 3.15. The zero-order valence-corrected chi connectivity index (χ0v) is 13.2. The number of fused-ring (bicyclic) bond motifs is 1. The summed E-state index contributed by atoms with van der Waals surface area (Å²) in [7, 11) is 0. The van der Waals surface area contributed by atoms with E-state index < -0.39 is 10.7 Å². The number of hydrazone groups is 1. The third-order valence-corrected chi connectivity index (χ3v) is 4.37. The highest BCUT2D eigenvalue weighted by Crippen LogP contribution is 2.31. The summed E-state index contributed by atoms with van der Waals surface area (Å²) in [5.41, 5.74) is 0.705. The van der Waals surface area contributed by atoms with Crippen LogP contribution in [-0.2, 0) is 4.79 Å². The summed E-state index contributed by atoms with van der Waals surface area (Å²) in [6.07, 6.45) is 0. The Bertz CT molecular complexity index is 725. The van der Waals surface area contributed by atoms with Crippen LogP contribution in [0.1, 0.15) is 13.8 Å². The molecule has 22 heavy (non-hydrogen) atoms. The van der Waals surface area contributed by atoms with Gasteiger partial charge in [0, 0.05) is 5.39 Å². The number of amidine groups is 1. The van der Waals surface area contributed by atoms with Gasteiger partial charge in [-0.25, -0.2) is 5.84 Å². The molecule has 0 saturated carbocycles. The smallest absolute Gasteiger partial charge is 0.319 e. The van der Waals surface area contributed by atoms with E-state index in [2.05, 4.69) is 5.10 Å². The van der Waals surface area contributed by atoms with E-state index in [9.17, 15) is 9.90 Å². The van der Waals surface area contributed by atoms with Crippen molar-refractivity contribution in [3.63, 3.8) is 0 Å². The Balaban J connectivity index is 2.40. The maximum atomic E-state index is 11.3. The summed E-state index contributed by atoms with van der Waals surface area (Å²) >= 11 is 0.993. The van der Waals surface area contributed by atoms with Crippen LogP contribution in [-0.4, -0.2) is 21.0 Å². The number of nitrogens with two attached hydrogens (primary N) is 2. The molecule has 0 fully saturated rings. The molecule has 0 spiro atoms. The molecule has 0 atom stereocenters. The number of carbonyl (C=O) groups is 1. The van der Waals surface area contributed by atoms with Gasteiger partial charge in [0.1, 0.15) is 4.75 Å². The molecule has 6 nitrogen and oxygen atoms in total. The van der Waals surface area contributed by atoms with Crippen LogP contribution in [0.2, 0.25) is 0 Å². The number of carboxylic acid groups (broad SMARTS) is 1. The van der Waals surface area contributed by atoms with Crippen LogP contribution in [0.3, 0.4) is 0 Å². The highest BCUT2D eigenvalue weighted by atomic mass is 32.2. The van der Waals surface area contributed by atoms with Crippen molar-refractivity contribution < 1.29 is 9.90 Å². The Morgan fingerprint density at radius 2 is 1.86 bits per heavy atom. The van der Waals surface area contributed by atoms with Crippen LogP contribution in [0.4, 0.5) is 5.69 Å². The Hall–Kier alpha value is -2.25. The average Bonchev–Trinajstić information content (AvgIpc) is 2.51. The minimum atomic E-state index is -1.10. The van der Waals surface area contributed by atoms with Crippen molar-refractivity contribution in [3.8, 4) is 0 Å². The van der Waals surface area contributed by atoms with E-state index in [-0.39, 0.29) is 5.17 Å². The molecule has 7 heteroatoms. The summed E-state index contributed by atoms with van der Waals surface area (Å²) in [5.74, 6) is 10.6. The molecule has 5 N–H and O–H groups in total. The fraction of sp³-hybridized carbons (Fsp3) is 0.200. The molecule has 0 aliphatic carbocycles. The van der Waals surface area contributed by atoms with Gasteiger partial charge in [0.25, 0.3) is 0 Å². The number of aliphatic carboxylic acids is 1. The Kier molecular flexibility index (Phi) is 4.58. The first kappa shape index (κ1) is 16.1. The van der Waals surface area contributed by atoms with Crippen molar-refractivity contribution in [3.05, 3.63) is 42.5 Å². The van der Waals surface area contributed by atoms with Gasteiger partial charge in [0.15, 0.2) is 0 Å². The van der Waals surface area contributed by atoms with E-state index in [0.29, 0.717) is 5.69 Å². The van der Waals surface area contributed by atoms with Crippen molar-refractivity contribution in [2.24, 2.45) is 16.8 Å². The van der Waals surface area contributed by atoms with Gasteiger partial charge in [-0.05, 0) is 25.3 Å². The lowest BCUT2D eigenvalue weighted by atomic mass is 10.1. The maximum absolute atomic E-state index is 11.3. The highest BCUT2D eigenvalue weighted by Gasteiger charge is 2.32. The predicted octanol–water partition coefficient (Wildman–Crippen LogP) is 2.35. The van der Waals surface area contributed by atoms with Crippen molar-refractivity contribution in [1.29, 1.82) is 0 Å². The lowest BCUT2D eigenvalue weighted by Crippen LogP contribution is -2.41. The van der Waals surface area contributed by atoms with Gasteiger partial charge < -0.3 is 10.9 Å². The second-order valence-corrected chi connectivity index (χ2v) is 6.79. The van der Waals surface area contributed by atoms with Crippen LogP contribution >= 0.6 is 11.8 Å². The zero-order chi connectivity index (χ0) is 16.3. The van der Waals surface area contributed by atoms with E-state index in [1.165, 1.54) is 5.01 Å². The summed E-state index contributed by atoms with van der Waals surface area (Å²) < 4.78 is -1.10. The van der Waals surface area contributed by atoms with Crippen molar-refractivity contribution in [1.82, 2.24) is 0 Å². The number of carboxylic acids is 1. The molecule has 2 aromatic carbocycles. The van der Waals surface area contributed by atoms with Gasteiger partial charge in [0.05, 0.1) is 5.69 Å². The quantitative estimate of drug-likeness (QED) is 0.347. The van der Waals surface area contributed by atoms with Gasteiger partial charge in [-0.3, -0.25) is 9.80 Å². The fourth-order valence-electron chi connectivity index (χ4n) is 1.93. The normalized spacial score (nSPS) is 12.4. The maximum Gasteiger partial charge on any atom is 0.319 e. The molecular formula is C15H18N4O2S. The first-order valence-electron chi connectivity index (χ1n) is 6.59. The van der Waals surface area contributed by atoms with E-state index >= 15 is 0 Å². The first-order chi connectivity index (χ1) is 10.4. The SMILES string of the molecule is CC(C)(S/C(=N/N)N(N)c1cccc2ccccc12)C(=O)O. The Morgan fingerprint density at radius 3 is 2.50 bits per heavy atom. The standard InChI is InChI=1S/C15H18N4O2S/c1-15(2,13(20)21)22-14(18-16)19(17)12-9-5-7-10-6-3-4-8-11(10)12/h3-9H,16-17H2,1-2H3,(H,20,21)/b18-14+. The van der Waals surface area contributed by atoms with E-state index in [0.717, 1.165) is 22.5 Å². The Morgan fingerprint density at radius 1 is 1.23 bits per heavy atom. The van der Waals surface area contributed by atoms with Gasteiger partial charge >= 0.3 is 5.97 Å². The average molecular weight is 318 g/mol. The van der Waals surface area contributed by atoms with Crippen LogP contribution < -0.4 is 16.7 Å². The number of benzene rings is 2. The zero-order valence-electron chi connectivity index (χ0n) is 12.4. The summed E-state index contributed by atoms with van der Waals surface area (Å²) in [6, 6.07) is 13.4. The minimum absolute atomic E-state index is 0.226. The molecule has 2 aromatic rings. The number of anilines is 1. The summed E-state index contributed by atoms with van der Waals surface area (Å²) in [6.45, 7) is 3.14. The molecule has 0 aliphatic rings. The van der Waals surface area contributed by atoms with Crippen LogP contribution in [0.5, 0.6) is 0 Å². The topological polar surface area (TPSA) is 105 Å². The molecule has 116 valence electrons. The van der Waals surface area contributed by atoms with Crippen LogP contribution in [0, 0.1) is 0 Å². The molecule has 0 heterocycles. The number of thioether (sulfide) groups is 1. The molecular weight excluding hydrogens is 300 g/mol. The van der Waals surface area contributed by atoms with Gasteiger partial charge in [-0.1, -0.05) is 48.2 Å². The number of nitrogens with zero attached hydrogens (tertiary/aromatic N) is 2. The van der Waals surface area contributed by atoms with Crippen LogP contribution in [0.25, 0.3) is 10.8 Å². The first-order valence-corrected chi connectivity index (χ1v) is 7.41.